The lowest BCUT2D eigenvalue weighted by molar-refractivity contribution is 0.0527. The highest BCUT2D eigenvalue weighted by molar-refractivity contribution is 9.10. The number of rotatable bonds is 6. The first-order valence-corrected chi connectivity index (χ1v) is 7.97. The molecule has 0 fully saturated rings. The molecular weight excluding hydrogens is 366 g/mol. The standard InChI is InChI=1S/C15H22BrN3O4/c1-15(2,3)23-14(21)18-7-5-6-17-13(20)11-8-10(22-4)9-12(16)19-11/h8-9H,5-7H2,1-4H3,(H,17,20)(H,18,21). The topological polar surface area (TPSA) is 89.5 Å². The van der Waals surface area contributed by atoms with E-state index in [0.29, 0.717) is 29.9 Å². The van der Waals surface area contributed by atoms with Crippen LogP contribution >= 0.6 is 15.9 Å². The Balaban J connectivity index is 2.32. The van der Waals surface area contributed by atoms with Crippen molar-refractivity contribution in [2.75, 3.05) is 20.2 Å². The number of ether oxygens (including phenoxy) is 2. The maximum atomic E-state index is 12.0. The van der Waals surface area contributed by atoms with E-state index in [1.54, 1.807) is 32.9 Å². The summed E-state index contributed by atoms with van der Waals surface area (Å²) in [7, 11) is 1.52. The van der Waals surface area contributed by atoms with Gasteiger partial charge in [0.05, 0.1) is 7.11 Å². The van der Waals surface area contributed by atoms with Gasteiger partial charge in [0.2, 0.25) is 0 Å². The van der Waals surface area contributed by atoms with Gasteiger partial charge in [0.1, 0.15) is 21.6 Å². The molecule has 0 atom stereocenters. The van der Waals surface area contributed by atoms with Gasteiger partial charge in [0, 0.05) is 25.2 Å². The number of carbonyl (C=O) groups is 2. The van der Waals surface area contributed by atoms with Crippen LogP contribution in [-0.2, 0) is 4.74 Å². The second-order valence-electron chi connectivity index (χ2n) is 5.75. The van der Waals surface area contributed by atoms with Crippen LogP contribution in [0.25, 0.3) is 0 Å². The number of nitrogens with one attached hydrogen (secondary N) is 2. The summed E-state index contributed by atoms with van der Waals surface area (Å²) in [5.74, 6) is 0.241. The van der Waals surface area contributed by atoms with Gasteiger partial charge in [-0.3, -0.25) is 4.79 Å². The van der Waals surface area contributed by atoms with Crippen LogP contribution in [0.4, 0.5) is 4.79 Å². The molecule has 0 saturated heterocycles. The number of alkyl carbamates (subject to hydrolysis) is 1. The number of carbonyl (C=O) groups excluding carboxylic acids is 2. The first-order chi connectivity index (χ1) is 10.7. The van der Waals surface area contributed by atoms with Crippen LogP contribution in [0, 0.1) is 0 Å². The molecule has 128 valence electrons. The highest BCUT2D eigenvalue weighted by atomic mass is 79.9. The Hall–Kier alpha value is -1.83. The fraction of sp³-hybridized carbons (Fsp3) is 0.533. The van der Waals surface area contributed by atoms with Gasteiger partial charge in [-0.05, 0) is 43.1 Å². The number of pyridine rings is 1. The van der Waals surface area contributed by atoms with E-state index >= 15 is 0 Å². The van der Waals surface area contributed by atoms with Gasteiger partial charge >= 0.3 is 6.09 Å². The summed E-state index contributed by atoms with van der Waals surface area (Å²) in [6, 6.07) is 3.22. The number of halogens is 1. The quantitative estimate of drug-likeness (QED) is 0.577. The Kier molecular flexibility index (Phi) is 7.28. The van der Waals surface area contributed by atoms with Crippen molar-refractivity contribution in [2.45, 2.75) is 32.8 Å². The first kappa shape index (κ1) is 19.2. The number of hydrogen-bond donors (Lipinski definition) is 2. The van der Waals surface area contributed by atoms with Crippen molar-refractivity contribution in [2.24, 2.45) is 0 Å². The second-order valence-corrected chi connectivity index (χ2v) is 6.57. The molecule has 0 radical (unpaired) electrons. The van der Waals surface area contributed by atoms with Crippen LogP contribution in [0.1, 0.15) is 37.7 Å². The molecule has 1 aromatic rings. The summed E-state index contributed by atoms with van der Waals surface area (Å²) in [6.07, 6.45) is 0.109. The molecule has 0 spiro atoms. The van der Waals surface area contributed by atoms with Gasteiger partial charge in [0.25, 0.3) is 5.91 Å². The normalized spacial score (nSPS) is 10.8. The van der Waals surface area contributed by atoms with Crippen LogP contribution in [0.2, 0.25) is 0 Å². The van der Waals surface area contributed by atoms with E-state index in [2.05, 4.69) is 31.5 Å². The van der Waals surface area contributed by atoms with Crippen molar-refractivity contribution in [3.63, 3.8) is 0 Å². The summed E-state index contributed by atoms with van der Waals surface area (Å²) >= 11 is 3.22. The molecule has 0 aromatic carbocycles. The first-order valence-electron chi connectivity index (χ1n) is 7.18. The van der Waals surface area contributed by atoms with Crippen molar-refractivity contribution >= 4 is 27.9 Å². The number of methoxy groups -OCH3 is 1. The van der Waals surface area contributed by atoms with Crippen LogP contribution in [0.3, 0.4) is 0 Å². The minimum Gasteiger partial charge on any atom is -0.497 e. The predicted molar refractivity (Wildman–Crippen MR) is 89.7 cm³/mol. The summed E-state index contributed by atoms with van der Waals surface area (Å²) in [5.41, 5.74) is -0.264. The third kappa shape index (κ3) is 7.83. The molecule has 2 N–H and O–H groups in total. The van der Waals surface area contributed by atoms with E-state index in [-0.39, 0.29) is 11.6 Å². The number of aromatic nitrogens is 1. The molecule has 0 aliphatic heterocycles. The molecule has 7 nitrogen and oxygen atoms in total. The highest BCUT2D eigenvalue weighted by Crippen LogP contribution is 2.17. The van der Waals surface area contributed by atoms with Gasteiger partial charge in [-0.2, -0.15) is 0 Å². The van der Waals surface area contributed by atoms with Gasteiger partial charge in [-0.1, -0.05) is 0 Å². The third-order valence-corrected chi connectivity index (χ3v) is 2.95. The minimum atomic E-state index is -0.524. The predicted octanol–water partition coefficient (Wildman–Crippen LogP) is 2.50. The van der Waals surface area contributed by atoms with Crippen molar-refractivity contribution in [1.29, 1.82) is 0 Å². The highest BCUT2D eigenvalue weighted by Gasteiger charge is 2.15. The molecule has 1 heterocycles. The molecular formula is C15H22BrN3O4. The van der Waals surface area contributed by atoms with E-state index in [1.807, 2.05) is 0 Å². The number of hydrogen-bond acceptors (Lipinski definition) is 5. The zero-order valence-electron chi connectivity index (χ0n) is 13.7. The molecule has 8 heteroatoms. The third-order valence-electron chi connectivity index (χ3n) is 2.54. The van der Waals surface area contributed by atoms with Crippen LogP contribution in [0.15, 0.2) is 16.7 Å². The summed E-state index contributed by atoms with van der Waals surface area (Å²) in [6.45, 7) is 6.21. The molecule has 1 rings (SSSR count). The zero-order chi connectivity index (χ0) is 17.5. The molecule has 0 aliphatic rings. The summed E-state index contributed by atoms with van der Waals surface area (Å²) in [4.78, 5) is 27.5. The van der Waals surface area contributed by atoms with Crippen molar-refractivity contribution in [3.8, 4) is 5.75 Å². The molecule has 0 unspecified atom stereocenters. The average molecular weight is 388 g/mol. The van der Waals surface area contributed by atoms with Gasteiger partial charge < -0.3 is 20.1 Å². The van der Waals surface area contributed by atoms with E-state index < -0.39 is 11.7 Å². The maximum Gasteiger partial charge on any atom is 0.407 e. The minimum absolute atomic E-state index is 0.260. The van der Waals surface area contributed by atoms with Crippen LogP contribution in [0.5, 0.6) is 5.75 Å². The van der Waals surface area contributed by atoms with Gasteiger partial charge in [0.15, 0.2) is 0 Å². The smallest absolute Gasteiger partial charge is 0.407 e. The van der Waals surface area contributed by atoms with Crippen LogP contribution in [-0.4, -0.2) is 42.8 Å². The fourth-order valence-electron chi connectivity index (χ4n) is 1.59. The number of amides is 2. The SMILES string of the molecule is COc1cc(Br)nc(C(=O)NCCCNC(=O)OC(C)(C)C)c1. The second kappa shape index (κ2) is 8.71. The largest absolute Gasteiger partial charge is 0.497 e. The lowest BCUT2D eigenvalue weighted by Gasteiger charge is -2.19. The van der Waals surface area contributed by atoms with Gasteiger partial charge in [-0.15, -0.1) is 0 Å². The van der Waals surface area contributed by atoms with Crippen molar-refractivity contribution in [1.82, 2.24) is 15.6 Å². The lowest BCUT2D eigenvalue weighted by atomic mass is 10.2. The molecule has 0 saturated carbocycles. The summed E-state index contributed by atoms with van der Waals surface area (Å²) < 4.78 is 10.7. The maximum absolute atomic E-state index is 12.0. The Labute approximate surface area is 144 Å². The molecule has 0 aliphatic carbocycles. The van der Waals surface area contributed by atoms with E-state index in [4.69, 9.17) is 9.47 Å². The Morgan fingerprint density at radius 3 is 2.48 bits per heavy atom. The Morgan fingerprint density at radius 1 is 1.22 bits per heavy atom. The Morgan fingerprint density at radius 2 is 1.87 bits per heavy atom. The molecule has 2 amide bonds. The van der Waals surface area contributed by atoms with Gasteiger partial charge in [-0.25, -0.2) is 9.78 Å². The van der Waals surface area contributed by atoms with E-state index in [1.165, 1.54) is 7.11 Å². The van der Waals surface area contributed by atoms with Crippen molar-refractivity contribution in [3.05, 3.63) is 22.4 Å². The molecule has 23 heavy (non-hydrogen) atoms. The van der Waals surface area contributed by atoms with E-state index in [9.17, 15) is 9.59 Å². The average Bonchev–Trinajstić information content (AvgIpc) is 2.44. The lowest BCUT2D eigenvalue weighted by Crippen LogP contribution is -2.34. The molecule has 0 bridgehead atoms. The number of nitrogens with zero attached hydrogens (tertiary/aromatic N) is 1. The monoisotopic (exact) mass is 387 g/mol. The zero-order valence-corrected chi connectivity index (χ0v) is 15.3. The Bertz CT molecular complexity index is 558. The van der Waals surface area contributed by atoms with Crippen molar-refractivity contribution < 1.29 is 19.1 Å². The van der Waals surface area contributed by atoms with E-state index in [0.717, 1.165) is 0 Å². The summed E-state index contributed by atoms with van der Waals surface area (Å²) in [5, 5.41) is 5.35. The molecule has 1 aromatic heterocycles. The van der Waals surface area contributed by atoms with Crippen LogP contribution < -0.4 is 15.4 Å². The fourth-order valence-corrected chi connectivity index (χ4v) is 2.01.